The monoisotopic (exact) mass is 268 g/mol. The number of hydrogen-bond acceptors (Lipinski definition) is 2. The third kappa shape index (κ3) is 4.50. The molecule has 0 aliphatic heterocycles. The van der Waals surface area contributed by atoms with E-state index in [2.05, 4.69) is 29.4 Å². The summed E-state index contributed by atoms with van der Waals surface area (Å²) >= 11 is 0. The maximum atomic E-state index is 11.9. The van der Waals surface area contributed by atoms with Crippen molar-refractivity contribution in [3.05, 3.63) is 66.0 Å². The Hall–Kier alpha value is -2.16. The molecule has 20 heavy (non-hydrogen) atoms. The second-order valence-electron chi connectivity index (χ2n) is 4.98. The molecule has 1 amide bonds. The Morgan fingerprint density at radius 3 is 2.70 bits per heavy atom. The van der Waals surface area contributed by atoms with Crippen molar-refractivity contribution in [3.63, 3.8) is 0 Å². The van der Waals surface area contributed by atoms with E-state index >= 15 is 0 Å². The Labute approximate surface area is 120 Å². The van der Waals surface area contributed by atoms with Gasteiger partial charge in [0.1, 0.15) is 0 Å². The number of pyridine rings is 1. The predicted molar refractivity (Wildman–Crippen MR) is 80.4 cm³/mol. The molecular formula is C17H20N2O. The van der Waals surface area contributed by atoms with Gasteiger partial charge in [-0.05, 0) is 29.5 Å². The van der Waals surface area contributed by atoms with Crippen LogP contribution in [0.3, 0.4) is 0 Å². The Morgan fingerprint density at radius 2 is 2.00 bits per heavy atom. The molecule has 0 spiro atoms. The van der Waals surface area contributed by atoms with Gasteiger partial charge in [-0.25, -0.2) is 0 Å². The van der Waals surface area contributed by atoms with Crippen molar-refractivity contribution in [2.24, 2.45) is 0 Å². The number of aromatic nitrogens is 1. The fraction of sp³-hybridized carbons (Fsp3) is 0.294. The average Bonchev–Trinajstić information content (AvgIpc) is 2.49. The van der Waals surface area contributed by atoms with Gasteiger partial charge in [0.25, 0.3) is 0 Å². The van der Waals surface area contributed by atoms with E-state index in [1.807, 2.05) is 36.5 Å². The first-order valence-corrected chi connectivity index (χ1v) is 6.96. The fourth-order valence-corrected chi connectivity index (χ4v) is 2.14. The van der Waals surface area contributed by atoms with Crippen molar-refractivity contribution in [1.82, 2.24) is 10.3 Å². The van der Waals surface area contributed by atoms with Crippen LogP contribution in [-0.2, 0) is 11.2 Å². The van der Waals surface area contributed by atoms with Crippen molar-refractivity contribution in [3.8, 4) is 0 Å². The van der Waals surface area contributed by atoms with E-state index < -0.39 is 0 Å². The maximum absolute atomic E-state index is 11.9. The lowest BCUT2D eigenvalue weighted by molar-refractivity contribution is -0.121. The summed E-state index contributed by atoms with van der Waals surface area (Å²) in [5.74, 6) is 0.347. The Bertz CT molecular complexity index is 525. The lowest BCUT2D eigenvalue weighted by Gasteiger charge is -2.12. The van der Waals surface area contributed by atoms with Crippen LogP contribution in [0.2, 0.25) is 0 Å². The quantitative estimate of drug-likeness (QED) is 0.875. The highest BCUT2D eigenvalue weighted by Gasteiger charge is 2.10. The summed E-state index contributed by atoms with van der Waals surface area (Å²) in [7, 11) is 0. The van der Waals surface area contributed by atoms with Crippen LogP contribution in [0.1, 0.15) is 30.4 Å². The number of nitrogens with one attached hydrogen (secondary N) is 1. The Kier molecular flexibility index (Phi) is 5.30. The molecule has 1 unspecified atom stereocenters. The fourth-order valence-electron chi connectivity index (χ4n) is 2.14. The van der Waals surface area contributed by atoms with E-state index in [0.717, 1.165) is 12.0 Å². The summed E-state index contributed by atoms with van der Waals surface area (Å²) in [6.07, 6.45) is 4.93. The molecule has 0 aliphatic rings. The smallest absolute Gasteiger partial charge is 0.220 e. The summed E-state index contributed by atoms with van der Waals surface area (Å²) in [6.45, 7) is 2.74. The minimum atomic E-state index is 0.102. The highest BCUT2D eigenvalue weighted by atomic mass is 16.1. The molecule has 3 heteroatoms. The summed E-state index contributed by atoms with van der Waals surface area (Å²) in [5, 5.41) is 2.97. The number of benzene rings is 1. The van der Waals surface area contributed by atoms with Crippen LogP contribution in [0.4, 0.5) is 0 Å². The van der Waals surface area contributed by atoms with Gasteiger partial charge in [0.05, 0.1) is 0 Å². The molecule has 1 N–H and O–H groups in total. The molecule has 0 fully saturated rings. The molecule has 1 heterocycles. The molecule has 0 saturated carbocycles. The second-order valence-corrected chi connectivity index (χ2v) is 4.98. The van der Waals surface area contributed by atoms with E-state index in [-0.39, 0.29) is 11.8 Å². The molecule has 1 aromatic heterocycles. The van der Waals surface area contributed by atoms with E-state index in [1.165, 1.54) is 5.56 Å². The second kappa shape index (κ2) is 7.43. The van der Waals surface area contributed by atoms with Crippen LogP contribution in [0.25, 0.3) is 0 Å². The van der Waals surface area contributed by atoms with E-state index in [4.69, 9.17) is 0 Å². The molecule has 0 saturated heterocycles. The summed E-state index contributed by atoms with van der Waals surface area (Å²) in [6, 6.07) is 14.1. The van der Waals surface area contributed by atoms with Gasteiger partial charge in [-0.1, -0.05) is 43.3 Å². The normalized spacial score (nSPS) is 11.8. The van der Waals surface area contributed by atoms with Crippen molar-refractivity contribution < 1.29 is 4.79 Å². The van der Waals surface area contributed by atoms with Crippen LogP contribution in [0, 0.1) is 0 Å². The van der Waals surface area contributed by atoms with Crippen LogP contribution in [0.5, 0.6) is 0 Å². The topological polar surface area (TPSA) is 42.0 Å². The first-order chi connectivity index (χ1) is 9.75. The largest absolute Gasteiger partial charge is 0.356 e. The Morgan fingerprint density at radius 1 is 1.20 bits per heavy atom. The van der Waals surface area contributed by atoms with Gasteiger partial charge in [0, 0.05) is 25.4 Å². The third-order valence-electron chi connectivity index (χ3n) is 3.32. The summed E-state index contributed by atoms with van der Waals surface area (Å²) in [4.78, 5) is 15.9. The van der Waals surface area contributed by atoms with Gasteiger partial charge < -0.3 is 5.32 Å². The highest BCUT2D eigenvalue weighted by molar-refractivity contribution is 5.76. The van der Waals surface area contributed by atoms with E-state index in [0.29, 0.717) is 13.0 Å². The molecule has 1 aromatic carbocycles. The number of carbonyl (C=O) groups is 1. The zero-order chi connectivity index (χ0) is 14.2. The zero-order valence-corrected chi connectivity index (χ0v) is 11.8. The predicted octanol–water partition coefficient (Wildman–Crippen LogP) is 2.93. The van der Waals surface area contributed by atoms with Crippen LogP contribution < -0.4 is 5.32 Å². The number of amides is 1. The van der Waals surface area contributed by atoms with Crippen LogP contribution in [-0.4, -0.2) is 17.4 Å². The van der Waals surface area contributed by atoms with Gasteiger partial charge in [-0.3, -0.25) is 9.78 Å². The van der Waals surface area contributed by atoms with Gasteiger partial charge in [-0.2, -0.15) is 0 Å². The molecule has 0 bridgehead atoms. The first-order valence-electron chi connectivity index (χ1n) is 6.96. The SMILES string of the molecule is CC(CC(=O)NCCc1cccnc1)c1ccccc1. The summed E-state index contributed by atoms with van der Waals surface area (Å²) < 4.78 is 0. The van der Waals surface area contributed by atoms with Gasteiger partial charge in [-0.15, -0.1) is 0 Å². The number of nitrogens with zero attached hydrogens (tertiary/aromatic N) is 1. The minimum absolute atomic E-state index is 0.102. The third-order valence-corrected chi connectivity index (χ3v) is 3.32. The molecular weight excluding hydrogens is 248 g/mol. The standard InChI is InChI=1S/C17H20N2O/c1-14(16-7-3-2-4-8-16)12-17(20)19-11-9-15-6-5-10-18-13-15/h2-8,10,13-14H,9,11-12H2,1H3,(H,19,20). The number of carbonyl (C=O) groups excluding carboxylic acids is 1. The molecule has 0 aliphatic carbocycles. The zero-order valence-electron chi connectivity index (χ0n) is 11.8. The van der Waals surface area contributed by atoms with Gasteiger partial charge in [0.15, 0.2) is 0 Å². The molecule has 3 nitrogen and oxygen atoms in total. The lowest BCUT2D eigenvalue weighted by atomic mass is 9.97. The molecule has 104 valence electrons. The molecule has 0 radical (unpaired) electrons. The van der Waals surface area contributed by atoms with E-state index in [1.54, 1.807) is 6.20 Å². The van der Waals surface area contributed by atoms with Crippen molar-refractivity contribution in [1.29, 1.82) is 0 Å². The Balaban J connectivity index is 1.73. The van der Waals surface area contributed by atoms with Crippen molar-refractivity contribution in [2.45, 2.75) is 25.7 Å². The van der Waals surface area contributed by atoms with Crippen LogP contribution >= 0.6 is 0 Å². The number of hydrogen-bond donors (Lipinski definition) is 1. The summed E-state index contributed by atoms with van der Waals surface area (Å²) in [5.41, 5.74) is 2.35. The molecule has 2 aromatic rings. The van der Waals surface area contributed by atoms with Gasteiger partial charge in [0.2, 0.25) is 5.91 Å². The number of rotatable bonds is 6. The minimum Gasteiger partial charge on any atom is -0.356 e. The molecule has 2 rings (SSSR count). The molecule has 1 atom stereocenters. The average molecular weight is 268 g/mol. The lowest BCUT2D eigenvalue weighted by Crippen LogP contribution is -2.26. The first kappa shape index (κ1) is 14.3. The van der Waals surface area contributed by atoms with E-state index in [9.17, 15) is 4.79 Å². The highest BCUT2D eigenvalue weighted by Crippen LogP contribution is 2.17. The van der Waals surface area contributed by atoms with Crippen LogP contribution in [0.15, 0.2) is 54.9 Å². The van der Waals surface area contributed by atoms with Crippen molar-refractivity contribution >= 4 is 5.91 Å². The van der Waals surface area contributed by atoms with Gasteiger partial charge >= 0.3 is 0 Å². The maximum Gasteiger partial charge on any atom is 0.220 e. The van der Waals surface area contributed by atoms with Crippen molar-refractivity contribution in [2.75, 3.05) is 6.54 Å².